The first-order valence-corrected chi connectivity index (χ1v) is 8.63. The van der Waals surface area contributed by atoms with Crippen molar-refractivity contribution in [1.82, 2.24) is 5.43 Å². The SMILES string of the molecule is CCCC1(COCOc2ccccc2)CN(c2ccccc2)NC1=O. The average Bonchev–Trinajstić information content (AvgIpc) is 2.98. The van der Waals surface area contributed by atoms with Crippen LogP contribution in [0.25, 0.3) is 0 Å². The van der Waals surface area contributed by atoms with E-state index in [4.69, 9.17) is 9.47 Å². The van der Waals surface area contributed by atoms with Crippen LogP contribution in [0.5, 0.6) is 5.75 Å². The molecule has 0 aromatic heterocycles. The number of nitrogens with zero attached hydrogens (tertiary/aromatic N) is 1. The molecular weight excluding hydrogens is 316 g/mol. The molecule has 1 amide bonds. The fourth-order valence-corrected chi connectivity index (χ4v) is 3.14. The van der Waals surface area contributed by atoms with Crippen LogP contribution in [0.15, 0.2) is 60.7 Å². The number of nitrogens with one attached hydrogen (secondary N) is 1. The van der Waals surface area contributed by atoms with E-state index in [0.29, 0.717) is 13.2 Å². The molecule has 5 nitrogen and oxygen atoms in total. The van der Waals surface area contributed by atoms with Gasteiger partial charge in [-0.05, 0) is 30.7 Å². The van der Waals surface area contributed by atoms with Gasteiger partial charge in [-0.2, -0.15) is 0 Å². The highest BCUT2D eigenvalue weighted by molar-refractivity contribution is 5.88. The first kappa shape index (κ1) is 17.3. The van der Waals surface area contributed by atoms with Crippen LogP contribution in [-0.4, -0.2) is 25.9 Å². The molecule has 0 radical (unpaired) electrons. The maximum atomic E-state index is 12.7. The lowest BCUT2D eigenvalue weighted by Crippen LogP contribution is -2.37. The van der Waals surface area contributed by atoms with E-state index in [0.717, 1.165) is 24.3 Å². The topological polar surface area (TPSA) is 50.8 Å². The molecule has 0 spiro atoms. The van der Waals surface area contributed by atoms with Gasteiger partial charge in [-0.15, -0.1) is 0 Å². The fraction of sp³-hybridized carbons (Fsp3) is 0.350. The number of rotatable bonds is 8. The Morgan fingerprint density at radius 3 is 2.44 bits per heavy atom. The van der Waals surface area contributed by atoms with Crippen LogP contribution >= 0.6 is 0 Å². The highest BCUT2D eigenvalue weighted by Crippen LogP contribution is 2.32. The molecular formula is C20H24N2O3. The third-order valence-electron chi connectivity index (χ3n) is 4.41. The molecule has 1 saturated heterocycles. The van der Waals surface area contributed by atoms with Crippen LogP contribution in [0.2, 0.25) is 0 Å². The highest BCUT2D eigenvalue weighted by Gasteiger charge is 2.46. The average molecular weight is 340 g/mol. The molecule has 2 aromatic carbocycles. The lowest BCUT2D eigenvalue weighted by atomic mass is 9.84. The van der Waals surface area contributed by atoms with E-state index in [1.807, 2.05) is 65.7 Å². The quantitative estimate of drug-likeness (QED) is 0.591. The Bertz CT molecular complexity index is 678. The minimum absolute atomic E-state index is 0.0120. The molecule has 2 aromatic rings. The van der Waals surface area contributed by atoms with Gasteiger partial charge in [0.05, 0.1) is 24.3 Å². The number of hydrogen-bond acceptors (Lipinski definition) is 4. The van der Waals surface area contributed by atoms with Crippen LogP contribution in [0.1, 0.15) is 19.8 Å². The molecule has 25 heavy (non-hydrogen) atoms. The Kier molecular flexibility index (Phi) is 5.56. The van der Waals surface area contributed by atoms with Crippen molar-refractivity contribution >= 4 is 11.6 Å². The number of hydrazine groups is 1. The summed E-state index contributed by atoms with van der Waals surface area (Å²) in [4.78, 5) is 12.7. The third kappa shape index (κ3) is 4.12. The largest absolute Gasteiger partial charge is 0.468 e. The summed E-state index contributed by atoms with van der Waals surface area (Å²) in [5.41, 5.74) is 3.41. The first-order chi connectivity index (χ1) is 12.2. The van der Waals surface area contributed by atoms with Gasteiger partial charge < -0.3 is 9.47 Å². The summed E-state index contributed by atoms with van der Waals surface area (Å²) in [6, 6.07) is 19.4. The van der Waals surface area contributed by atoms with Gasteiger partial charge in [0.1, 0.15) is 5.75 Å². The molecule has 0 bridgehead atoms. The second-order valence-corrected chi connectivity index (χ2v) is 6.32. The smallest absolute Gasteiger partial charge is 0.248 e. The van der Waals surface area contributed by atoms with Crippen LogP contribution in [0.3, 0.4) is 0 Å². The number of carbonyl (C=O) groups excluding carboxylic acids is 1. The zero-order valence-electron chi connectivity index (χ0n) is 14.5. The standard InChI is InChI=1S/C20H24N2O3/c1-2-13-20(15-24-16-25-18-11-7-4-8-12-18)14-22(21-19(20)23)17-9-5-3-6-10-17/h3-12H,2,13-16H2,1H3,(H,21,23). The Labute approximate surface area is 148 Å². The predicted molar refractivity (Wildman–Crippen MR) is 97.2 cm³/mol. The molecule has 1 unspecified atom stereocenters. The Hall–Kier alpha value is -2.53. The molecule has 1 fully saturated rings. The van der Waals surface area contributed by atoms with E-state index < -0.39 is 5.41 Å². The molecule has 1 atom stereocenters. The normalized spacial score (nSPS) is 19.7. The van der Waals surface area contributed by atoms with Crippen molar-refractivity contribution in [1.29, 1.82) is 0 Å². The monoisotopic (exact) mass is 340 g/mol. The van der Waals surface area contributed by atoms with Gasteiger partial charge >= 0.3 is 0 Å². The maximum absolute atomic E-state index is 12.7. The molecule has 0 saturated carbocycles. The van der Waals surface area contributed by atoms with Crippen molar-refractivity contribution in [3.63, 3.8) is 0 Å². The number of amides is 1. The number of para-hydroxylation sites is 2. The van der Waals surface area contributed by atoms with Gasteiger partial charge in [0.2, 0.25) is 5.91 Å². The van der Waals surface area contributed by atoms with Gasteiger partial charge in [0.25, 0.3) is 0 Å². The van der Waals surface area contributed by atoms with Gasteiger partial charge in [-0.3, -0.25) is 15.2 Å². The predicted octanol–water partition coefficient (Wildman–Crippen LogP) is 3.38. The van der Waals surface area contributed by atoms with Crippen molar-refractivity contribution in [2.24, 2.45) is 5.41 Å². The second-order valence-electron chi connectivity index (χ2n) is 6.32. The summed E-state index contributed by atoms with van der Waals surface area (Å²) >= 11 is 0. The van der Waals surface area contributed by atoms with Crippen molar-refractivity contribution in [3.8, 4) is 5.75 Å². The molecule has 1 N–H and O–H groups in total. The Morgan fingerprint density at radius 2 is 1.76 bits per heavy atom. The minimum Gasteiger partial charge on any atom is -0.468 e. The fourth-order valence-electron chi connectivity index (χ4n) is 3.14. The zero-order valence-corrected chi connectivity index (χ0v) is 14.5. The van der Waals surface area contributed by atoms with Gasteiger partial charge in [-0.25, -0.2) is 0 Å². The van der Waals surface area contributed by atoms with E-state index in [9.17, 15) is 4.79 Å². The van der Waals surface area contributed by atoms with Crippen LogP contribution < -0.4 is 15.2 Å². The molecule has 1 heterocycles. The zero-order chi connectivity index (χ0) is 17.5. The lowest BCUT2D eigenvalue weighted by Gasteiger charge is -2.25. The molecule has 0 aliphatic carbocycles. The molecule has 1 aliphatic heterocycles. The van der Waals surface area contributed by atoms with E-state index in [2.05, 4.69) is 12.3 Å². The number of ether oxygens (including phenoxy) is 2. The summed E-state index contributed by atoms with van der Waals surface area (Å²) < 4.78 is 11.3. The number of carbonyl (C=O) groups is 1. The van der Waals surface area contributed by atoms with Crippen LogP contribution in [0, 0.1) is 5.41 Å². The van der Waals surface area contributed by atoms with Crippen molar-refractivity contribution in [2.45, 2.75) is 19.8 Å². The Morgan fingerprint density at radius 1 is 1.08 bits per heavy atom. The first-order valence-electron chi connectivity index (χ1n) is 8.63. The highest BCUT2D eigenvalue weighted by atomic mass is 16.7. The van der Waals surface area contributed by atoms with Crippen molar-refractivity contribution < 1.29 is 14.3 Å². The lowest BCUT2D eigenvalue weighted by molar-refractivity contribution is -0.132. The summed E-state index contributed by atoms with van der Waals surface area (Å²) in [5.74, 6) is 0.770. The van der Waals surface area contributed by atoms with Crippen molar-refractivity contribution in [2.75, 3.05) is 25.0 Å². The van der Waals surface area contributed by atoms with E-state index in [1.165, 1.54) is 0 Å². The molecule has 132 valence electrons. The Balaban J connectivity index is 1.60. The summed E-state index contributed by atoms with van der Waals surface area (Å²) in [6.45, 7) is 3.15. The summed E-state index contributed by atoms with van der Waals surface area (Å²) in [6.07, 6.45) is 1.69. The molecule has 3 rings (SSSR count). The molecule has 5 heteroatoms. The van der Waals surface area contributed by atoms with E-state index in [1.54, 1.807) is 0 Å². The number of anilines is 1. The van der Waals surface area contributed by atoms with Gasteiger partial charge in [0, 0.05) is 0 Å². The van der Waals surface area contributed by atoms with E-state index in [-0.39, 0.29) is 12.7 Å². The maximum Gasteiger partial charge on any atom is 0.248 e. The molecule has 1 aliphatic rings. The minimum atomic E-state index is -0.551. The second kappa shape index (κ2) is 8.03. The number of benzene rings is 2. The number of hydrogen-bond donors (Lipinski definition) is 1. The van der Waals surface area contributed by atoms with Crippen LogP contribution in [0.4, 0.5) is 5.69 Å². The van der Waals surface area contributed by atoms with Gasteiger partial charge in [-0.1, -0.05) is 49.7 Å². The van der Waals surface area contributed by atoms with E-state index >= 15 is 0 Å². The van der Waals surface area contributed by atoms with Gasteiger partial charge in [0.15, 0.2) is 6.79 Å². The summed E-state index contributed by atoms with van der Waals surface area (Å²) in [7, 11) is 0. The van der Waals surface area contributed by atoms with Crippen molar-refractivity contribution in [3.05, 3.63) is 60.7 Å². The third-order valence-corrected chi connectivity index (χ3v) is 4.41. The summed E-state index contributed by atoms with van der Waals surface area (Å²) in [5, 5.41) is 1.90. The van der Waals surface area contributed by atoms with Crippen LogP contribution in [-0.2, 0) is 9.53 Å².